The number of carboxylic acid groups (broad SMARTS) is 1. The maximum Gasteiger partial charge on any atom is 0.326 e. The molecule has 0 aromatic carbocycles. The summed E-state index contributed by atoms with van der Waals surface area (Å²) in [5, 5.41) is 11.7. The first kappa shape index (κ1) is 13.1. The summed E-state index contributed by atoms with van der Waals surface area (Å²) in [7, 11) is 0. The summed E-state index contributed by atoms with van der Waals surface area (Å²) >= 11 is 0. The number of ether oxygens (including phenoxy) is 1. The third kappa shape index (κ3) is 2.93. The number of rotatable bonds is 3. The average molecular weight is 256 g/mol. The van der Waals surface area contributed by atoms with Gasteiger partial charge in [0.05, 0.1) is 18.8 Å². The second-order valence-corrected chi connectivity index (χ2v) is 5.25. The fourth-order valence-electron chi connectivity index (χ4n) is 2.21. The average Bonchev–Trinajstić information content (AvgIpc) is 3.12. The second kappa shape index (κ2) is 5.14. The van der Waals surface area contributed by atoms with Gasteiger partial charge in [-0.2, -0.15) is 0 Å². The molecule has 1 saturated heterocycles. The van der Waals surface area contributed by atoms with E-state index in [1.54, 1.807) is 4.90 Å². The highest BCUT2D eigenvalue weighted by Gasteiger charge is 2.39. The van der Waals surface area contributed by atoms with Crippen LogP contribution in [0.5, 0.6) is 0 Å². The molecule has 3 atom stereocenters. The molecule has 0 aromatic rings. The summed E-state index contributed by atoms with van der Waals surface area (Å²) in [6.07, 6.45) is 1.76. The largest absolute Gasteiger partial charge is 0.480 e. The molecule has 1 aliphatic heterocycles. The summed E-state index contributed by atoms with van der Waals surface area (Å²) < 4.78 is 5.44. The molecule has 2 rings (SSSR count). The van der Waals surface area contributed by atoms with Crippen molar-refractivity contribution in [3.8, 4) is 0 Å². The van der Waals surface area contributed by atoms with Crippen LogP contribution in [0.15, 0.2) is 0 Å². The molecule has 102 valence electrons. The Hall–Kier alpha value is -1.30. The van der Waals surface area contributed by atoms with E-state index in [2.05, 4.69) is 5.32 Å². The van der Waals surface area contributed by atoms with E-state index in [4.69, 9.17) is 9.84 Å². The van der Waals surface area contributed by atoms with Crippen LogP contribution in [0.1, 0.15) is 26.7 Å². The Kier molecular flexibility index (Phi) is 3.75. The molecule has 3 unspecified atom stereocenters. The Labute approximate surface area is 106 Å². The van der Waals surface area contributed by atoms with Gasteiger partial charge < -0.3 is 20.1 Å². The third-order valence-electron chi connectivity index (χ3n) is 3.51. The van der Waals surface area contributed by atoms with Crippen molar-refractivity contribution in [2.24, 2.45) is 5.92 Å². The topological polar surface area (TPSA) is 78.9 Å². The Morgan fingerprint density at radius 1 is 1.39 bits per heavy atom. The Morgan fingerprint density at radius 2 is 2.06 bits per heavy atom. The Morgan fingerprint density at radius 3 is 2.61 bits per heavy atom. The van der Waals surface area contributed by atoms with Crippen LogP contribution in [-0.4, -0.2) is 53.3 Å². The standard InChI is InChI=1S/C12H20N2O4/c1-7-6-18-8(2)5-14(7)12(17)13-10(11(15)16)9-3-4-9/h7-10H,3-6H2,1-2H3,(H,13,17)(H,15,16). The fourth-order valence-corrected chi connectivity index (χ4v) is 2.21. The first-order valence-corrected chi connectivity index (χ1v) is 6.40. The summed E-state index contributed by atoms with van der Waals surface area (Å²) in [4.78, 5) is 24.8. The number of carbonyl (C=O) groups excluding carboxylic acids is 1. The molecule has 0 spiro atoms. The number of hydrogen-bond acceptors (Lipinski definition) is 3. The predicted octanol–water partition coefficient (Wildman–Crippen LogP) is 0.668. The highest BCUT2D eigenvalue weighted by Crippen LogP contribution is 2.32. The van der Waals surface area contributed by atoms with E-state index in [0.717, 1.165) is 12.8 Å². The normalized spacial score (nSPS) is 29.8. The van der Waals surface area contributed by atoms with Gasteiger partial charge >= 0.3 is 12.0 Å². The molecule has 1 heterocycles. The van der Waals surface area contributed by atoms with Gasteiger partial charge in [-0.3, -0.25) is 0 Å². The number of carboxylic acids is 1. The van der Waals surface area contributed by atoms with Crippen LogP contribution in [0, 0.1) is 5.92 Å². The fraction of sp³-hybridized carbons (Fsp3) is 0.833. The van der Waals surface area contributed by atoms with E-state index in [1.807, 2.05) is 13.8 Å². The van der Waals surface area contributed by atoms with Crippen molar-refractivity contribution < 1.29 is 19.4 Å². The molecule has 2 aliphatic rings. The molecule has 2 fully saturated rings. The Balaban J connectivity index is 1.95. The van der Waals surface area contributed by atoms with E-state index in [9.17, 15) is 9.59 Å². The molecule has 18 heavy (non-hydrogen) atoms. The number of morpholine rings is 1. The number of aliphatic carboxylic acids is 1. The number of carbonyl (C=O) groups is 2. The summed E-state index contributed by atoms with van der Waals surface area (Å²) in [6.45, 7) is 4.81. The van der Waals surface area contributed by atoms with Crippen LogP contribution in [0.2, 0.25) is 0 Å². The van der Waals surface area contributed by atoms with Gasteiger partial charge in [0, 0.05) is 6.54 Å². The third-order valence-corrected chi connectivity index (χ3v) is 3.51. The zero-order valence-electron chi connectivity index (χ0n) is 10.8. The van der Waals surface area contributed by atoms with Crippen molar-refractivity contribution >= 4 is 12.0 Å². The number of hydrogen-bond donors (Lipinski definition) is 2. The lowest BCUT2D eigenvalue weighted by atomic mass is 10.2. The Bertz CT molecular complexity index is 343. The quantitative estimate of drug-likeness (QED) is 0.778. The predicted molar refractivity (Wildman–Crippen MR) is 64.3 cm³/mol. The van der Waals surface area contributed by atoms with Gasteiger partial charge in [0.1, 0.15) is 6.04 Å². The summed E-state index contributed by atoms with van der Waals surface area (Å²) in [5.74, 6) is -0.847. The summed E-state index contributed by atoms with van der Waals surface area (Å²) in [6, 6.07) is -1.06. The SMILES string of the molecule is CC1CN(C(=O)NC(C(=O)O)C2CC2)C(C)CO1. The van der Waals surface area contributed by atoms with Crippen LogP contribution in [-0.2, 0) is 9.53 Å². The van der Waals surface area contributed by atoms with E-state index in [-0.39, 0.29) is 24.1 Å². The first-order valence-electron chi connectivity index (χ1n) is 6.40. The number of urea groups is 1. The lowest BCUT2D eigenvalue weighted by molar-refractivity contribution is -0.139. The van der Waals surface area contributed by atoms with Crippen molar-refractivity contribution in [1.29, 1.82) is 0 Å². The highest BCUT2D eigenvalue weighted by atomic mass is 16.5. The van der Waals surface area contributed by atoms with Gasteiger partial charge in [-0.15, -0.1) is 0 Å². The van der Waals surface area contributed by atoms with E-state index in [1.165, 1.54) is 0 Å². The zero-order chi connectivity index (χ0) is 13.3. The molecule has 0 bridgehead atoms. The minimum Gasteiger partial charge on any atom is -0.480 e. The molecule has 1 aliphatic carbocycles. The number of nitrogens with one attached hydrogen (secondary N) is 1. The van der Waals surface area contributed by atoms with Crippen LogP contribution < -0.4 is 5.32 Å². The number of amides is 2. The van der Waals surface area contributed by atoms with E-state index >= 15 is 0 Å². The van der Waals surface area contributed by atoms with E-state index < -0.39 is 12.0 Å². The van der Waals surface area contributed by atoms with Gasteiger partial charge in [-0.1, -0.05) is 0 Å². The molecule has 0 aromatic heterocycles. The van der Waals surface area contributed by atoms with Gasteiger partial charge in [0.15, 0.2) is 0 Å². The number of nitrogens with zero attached hydrogens (tertiary/aromatic N) is 1. The molecular weight excluding hydrogens is 236 g/mol. The highest BCUT2D eigenvalue weighted by molar-refractivity contribution is 5.83. The molecule has 2 N–H and O–H groups in total. The summed E-state index contributed by atoms with van der Waals surface area (Å²) in [5.41, 5.74) is 0. The molecule has 2 amide bonds. The van der Waals surface area contributed by atoms with Gasteiger partial charge in [0.2, 0.25) is 0 Å². The molecule has 6 nitrogen and oxygen atoms in total. The van der Waals surface area contributed by atoms with Crippen molar-refractivity contribution in [3.05, 3.63) is 0 Å². The lowest BCUT2D eigenvalue weighted by Gasteiger charge is -2.37. The lowest BCUT2D eigenvalue weighted by Crippen LogP contribution is -2.56. The molecule has 1 saturated carbocycles. The van der Waals surface area contributed by atoms with Gasteiger partial charge in [-0.05, 0) is 32.6 Å². The van der Waals surface area contributed by atoms with Crippen molar-refractivity contribution in [3.63, 3.8) is 0 Å². The molecular formula is C12H20N2O4. The maximum absolute atomic E-state index is 12.1. The van der Waals surface area contributed by atoms with Gasteiger partial charge in [0.25, 0.3) is 0 Å². The van der Waals surface area contributed by atoms with E-state index in [0.29, 0.717) is 13.2 Å². The zero-order valence-corrected chi connectivity index (χ0v) is 10.8. The van der Waals surface area contributed by atoms with Crippen LogP contribution in [0.3, 0.4) is 0 Å². The monoisotopic (exact) mass is 256 g/mol. The smallest absolute Gasteiger partial charge is 0.326 e. The van der Waals surface area contributed by atoms with Crippen molar-refractivity contribution in [2.75, 3.05) is 13.2 Å². The minimum absolute atomic E-state index is 0.00356. The van der Waals surface area contributed by atoms with Crippen LogP contribution >= 0.6 is 0 Å². The first-order chi connectivity index (χ1) is 8.49. The molecule has 6 heteroatoms. The molecule has 0 radical (unpaired) electrons. The van der Waals surface area contributed by atoms with Crippen LogP contribution in [0.25, 0.3) is 0 Å². The van der Waals surface area contributed by atoms with Crippen molar-refractivity contribution in [2.45, 2.75) is 44.9 Å². The second-order valence-electron chi connectivity index (χ2n) is 5.25. The van der Waals surface area contributed by atoms with Crippen LogP contribution in [0.4, 0.5) is 4.79 Å². The maximum atomic E-state index is 12.1. The van der Waals surface area contributed by atoms with Crippen molar-refractivity contribution in [1.82, 2.24) is 10.2 Å². The minimum atomic E-state index is -0.945. The van der Waals surface area contributed by atoms with Gasteiger partial charge in [-0.25, -0.2) is 9.59 Å².